The second kappa shape index (κ2) is 6.65. The summed E-state index contributed by atoms with van der Waals surface area (Å²) < 4.78 is 0. The molecule has 0 radical (unpaired) electrons. The third-order valence-electron chi connectivity index (χ3n) is 3.07. The summed E-state index contributed by atoms with van der Waals surface area (Å²) in [4.78, 5) is 16.2. The first-order valence-electron chi connectivity index (χ1n) is 6.86. The van der Waals surface area contributed by atoms with Crippen molar-refractivity contribution < 1.29 is 4.79 Å². The molecule has 4 N–H and O–H groups in total. The number of nitrogens with zero attached hydrogens (tertiary/aromatic N) is 1. The number of aryl methyl sites for hydroxylation is 1. The minimum Gasteiger partial charge on any atom is -0.389 e. The molecule has 1 aliphatic rings. The Balaban J connectivity index is 1.75. The molecule has 0 bridgehead atoms. The number of pyridine rings is 1. The summed E-state index contributed by atoms with van der Waals surface area (Å²) in [7, 11) is 0. The molecular weight excluding hydrogens is 272 g/mol. The van der Waals surface area contributed by atoms with E-state index in [4.69, 9.17) is 18.0 Å². The van der Waals surface area contributed by atoms with E-state index >= 15 is 0 Å². The monoisotopic (exact) mass is 292 g/mol. The van der Waals surface area contributed by atoms with Gasteiger partial charge < -0.3 is 16.4 Å². The summed E-state index contributed by atoms with van der Waals surface area (Å²) >= 11 is 4.97. The largest absolute Gasteiger partial charge is 0.389 e. The molecular formula is C14H20N4OS. The Morgan fingerprint density at radius 1 is 1.50 bits per heavy atom. The van der Waals surface area contributed by atoms with Crippen molar-refractivity contribution in [1.29, 1.82) is 0 Å². The van der Waals surface area contributed by atoms with Gasteiger partial charge in [0.25, 0.3) is 0 Å². The highest BCUT2D eigenvalue weighted by molar-refractivity contribution is 7.80. The molecule has 5 nitrogen and oxygen atoms in total. The summed E-state index contributed by atoms with van der Waals surface area (Å²) in [5, 5.41) is 6.17. The van der Waals surface area contributed by atoms with Crippen molar-refractivity contribution in [3.05, 3.63) is 23.4 Å². The smallest absolute Gasteiger partial charge is 0.220 e. The Hall–Kier alpha value is -1.69. The number of anilines is 1. The molecule has 2 rings (SSSR count). The Bertz CT molecular complexity index is 514. The lowest BCUT2D eigenvalue weighted by molar-refractivity contribution is -0.121. The number of amides is 1. The predicted molar refractivity (Wildman–Crippen MR) is 83.7 cm³/mol. The molecule has 0 aromatic carbocycles. The maximum Gasteiger partial charge on any atom is 0.220 e. The van der Waals surface area contributed by atoms with E-state index in [1.165, 1.54) is 0 Å². The minimum atomic E-state index is 0.135. The standard InChI is InChI=1S/C14H20N4OS/c1-9-7-10(14(15)20)8-12(17-9)16-6-2-3-13(19)18-11-4-5-11/h7-8,11H,2-6H2,1H3,(H2,15,20)(H,16,17)(H,18,19). The van der Waals surface area contributed by atoms with Gasteiger partial charge in [-0.2, -0.15) is 0 Å². The molecule has 0 aliphatic heterocycles. The van der Waals surface area contributed by atoms with Gasteiger partial charge in [0, 0.05) is 30.3 Å². The van der Waals surface area contributed by atoms with Gasteiger partial charge in [0.05, 0.1) is 0 Å². The fourth-order valence-electron chi connectivity index (χ4n) is 1.89. The molecule has 1 heterocycles. The number of aromatic nitrogens is 1. The number of thiocarbonyl (C=S) groups is 1. The zero-order chi connectivity index (χ0) is 14.5. The lowest BCUT2D eigenvalue weighted by Gasteiger charge is -2.08. The van der Waals surface area contributed by atoms with Gasteiger partial charge in [-0.25, -0.2) is 4.98 Å². The lowest BCUT2D eigenvalue weighted by atomic mass is 10.2. The van der Waals surface area contributed by atoms with Crippen molar-refractivity contribution in [3.8, 4) is 0 Å². The summed E-state index contributed by atoms with van der Waals surface area (Å²) in [5.74, 6) is 0.880. The van der Waals surface area contributed by atoms with Gasteiger partial charge >= 0.3 is 0 Å². The van der Waals surface area contributed by atoms with E-state index in [9.17, 15) is 4.79 Å². The van der Waals surface area contributed by atoms with E-state index in [-0.39, 0.29) is 5.91 Å². The number of carbonyl (C=O) groups excluding carboxylic acids is 1. The van der Waals surface area contributed by atoms with Crippen LogP contribution in [0, 0.1) is 6.92 Å². The van der Waals surface area contributed by atoms with Crippen LogP contribution in [-0.4, -0.2) is 28.5 Å². The van der Waals surface area contributed by atoms with Crippen LogP contribution in [0.25, 0.3) is 0 Å². The van der Waals surface area contributed by atoms with Crippen LogP contribution < -0.4 is 16.4 Å². The second-order valence-corrected chi connectivity index (χ2v) is 5.56. The van der Waals surface area contributed by atoms with Crippen LogP contribution in [0.15, 0.2) is 12.1 Å². The Labute approximate surface area is 124 Å². The van der Waals surface area contributed by atoms with Crippen LogP contribution in [0.2, 0.25) is 0 Å². The zero-order valence-electron chi connectivity index (χ0n) is 11.6. The third-order valence-corrected chi connectivity index (χ3v) is 3.30. The van der Waals surface area contributed by atoms with Crippen molar-refractivity contribution >= 4 is 28.9 Å². The van der Waals surface area contributed by atoms with E-state index < -0.39 is 0 Å². The quantitative estimate of drug-likeness (QED) is 0.524. The van der Waals surface area contributed by atoms with Crippen LogP contribution >= 0.6 is 12.2 Å². The average molecular weight is 292 g/mol. The van der Waals surface area contributed by atoms with Gasteiger partial charge in [0.1, 0.15) is 10.8 Å². The molecule has 1 aromatic heterocycles. The van der Waals surface area contributed by atoms with Gasteiger partial charge in [0.15, 0.2) is 0 Å². The van der Waals surface area contributed by atoms with Gasteiger partial charge in [-0.3, -0.25) is 4.79 Å². The van der Waals surface area contributed by atoms with Gasteiger partial charge in [-0.05, 0) is 38.3 Å². The summed E-state index contributed by atoms with van der Waals surface area (Å²) in [5.41, 5.74) is 7.29. The first-order chi connectivity index (χ1) is 9.54. The van der Waals surface area contributed by atoms with Crippen molar-refractivity contribution in [3.63, 3.8) is 0 Å². The van der Waals surface area contributed by atoms with E-state index in [1.807, 2.05) is 19.1 Å². The summed E-state index contributed by atoms with van der Waals surface area (Å²) in [6.45, 7) is 2.60. The number of nitrogens with two attached hydrogens (primary N) is 1. The molecule has 0 unspecified atom stereocenters. The SMILES string of the molecule is Cc1cc(C(N)=S)cc(NCCCC(=O)NC2CC2)n1. The maximum atomic E-state index is 11.5. The molecule has 20 heavy (non-hydrogen) atoms. The van der Waals surface area contributed by atoms with Crippen LogP contribution in [0.4, 0.5) is 5.82 Å². The normalized spacial score (nSPS) is 13.8. The predicted octanol–water partition coefficient (Wildman–Crippen LogP) is 1.49. The van der Waals surface area contributed by atoms with Crippen LogP contribution in [0.3, 0.4) is 0 Å². The maximum absolute atomic E-state index is 11.5. The van der Waals surface area contributed by atoms with Crippen LogP contribution in [0.5, 0.6) is 0 Å². The molecule has 1 aliphatic carbocycles. The Morgan fingerprint density at radius 3 is 2.90 bits per heavy atom. The van der Waals surface area contributed by atoms with Crippen LogP contribution in [0.1, 0.15) is 36.9 Å². The topological polar surface area (TPSA) is 80.0 Å². The molecule has 6 heteroatoms. The summed E-state index contributed by atoms with van der Waals surface area (Å²) in [6.07, 6.45) is 3.56. The first kappa shape index (κ1) is 14.7. The number of carbonyl (C=O) groups is 1. The highest BCUT2D eigenvalue weighted by atomic mass is 32.1. The number of hydrogen-bond acceptors (Lipinski definition) is 4. The Morgan fingerprint density at radius 2 is 2.25 bits per heavy atom. The van der Waals surface area contributed by atoms with Gasteiger partial charge in [-0.1, -0.05) is 12.2 Å². The Kier molecular flexibility index (Phi) is 4.89. The molecule has 1 amide bonds. The zero-order valence-corrected chi connectivity index (χ0v) is 12.4. The van der Waals surface area contributed by atoms with Crippen molar-refractivity contribution in [2.45, 2.75) is 38.6 Å². The molecule has 0 saturated heterocycles. The molecule has 0 atom stereocenters. The lowest BCUT2D eigenvalue weighted by Crippen LogP contribution is -2.25. The van der Waals surface area contributed by atoms with E-state index in [2.05, 4.69) is 15.6 Å². The fraction of sp³-hybridized carbons (Fsp3) is 0.500. The van der Waals surface area contributed by atoms with Gasteiger partial charge in [0.2, 0.25) is 5.91 Å². The summed E-state index contributed by atoms with van der Waals surface area (Å²) in [6, 6.07) is 4.12. The van der Waals surface area contributed by atoms with Crippen molar-refractivity contribution in [1.82, 2.24) is 10.3 Å². The highest BCUT2D eigenvalue weighted by Gasteiger charge is 2.22. The van der Waals surface area contributed by atoms with Gasteiger partial charge in [-0.15, -0.1) is 0 Å². The highest BCUT2D eigenvalue weighted by Crippen LogP contribution is 2.18. The fourth-order valence-corrected chi connectivity index (χ4v) is 2.01. The molecule has 1 fully saturated rings. The second-order valence-electron chi connectivity index (χ2n) is 5.12. The van der Waals surface area contributed by atoms with Crippen molar-refractivity contribution in [2.75, 3.05) is 11.9 Å². The number of rotatable bonds is 7. The van der Waals surface area contributed by atoms with Crippen molar-refractivity contribution in [2.24, 2.45) is 5.73 Å². The van der Waals surface area contributed by atoms with E-state index in [0.29, 0.717) is 24.0 Å². The molecule has 1 saturated carbocycles. The molecule has 108 valence electrons. The molecule has 0 spiro atoms. The third kappa shape index (κ3) is 4.77. The van der Waals surface area contributed by atoms with E-state index in [1.54, 1.807) is 0 Å². The molecule has 1 aromatic rings. The van der Waals surface area contributed by atoms with Crippen LogP contribution in [-0.2, 0) is 4.79 Å². The number of nitrogens with one attached hydrogen (secondary N) is 2. The number of hydrogen-bond donors (Lipinski definition) is 3. The first-order valence-corrected chi connectivity index (χ1v) is 7.27. The van der Waals surface area contributed by atoms with E-state index in [0.717, 1.165) is 36.3 Å². The minimum absolute atomic E-state index is 0.135. The average Bonchev–Trinajstić information content (AvgIpc) is 3.18.